The molecule has 224 valence electrons. The first kappa shape index (κ1) is 32.1. The van der Waals surface area contributed by atoms with Crippen LogP contribution in [0.5, 0.6) is 0 Å². The van der Waals surface area contributed by atoms with Crippen LogP contribution in [0.4, 0.5) is 5.69 Å². The van der Waals surface area contributed by atoms with Crippen LogP contribution in [-0.2, 0) is 32.6 Å². The summed E-state index contributed by atoms with van der Waals surface area (Å²) in [7, 11) is -4.21. The lowest BCUT2D eigenvalue weighted by atomic mass is 10.0. The quantitative estimate of drug-likeness (QED) is 0.198. The van der Waals surface area contributed by atoms with Crippen molar-refractivity contribution in [3.63, 3.8) is 0 Å². The van der Waals surface area contributed by atoms with Crippen LogP contribution in [-0.4, -0.2) is 44.3 Å². The van der Waals surface area contributed by atoms with Crippen molar-refractivity contribution >= 4 is 50.7 Å². The predicted octanol–water partition coefficient (Wildman–Crippen LogP) is 6.27. The fraction of sp³-hybridized carbons (Fsp3) is 0.212. The molecule has 0 aliphatic heterocycles. The van der Waals surface area contributed by atoms with Gasteiger partial charge in [0.25, 0.3) is 10.0 Å². The summed E-state index contributed by atoms with van der Waals surface area (Å²) >= 11 is 12.9. The lowest BCUT2D eigenvalue weighted by Gasteiger charge is -2.34. The number of halogens is 2. The molecule has 0 saturated carbocycles. The standard InChI is InChI=1S/C33H33Cl2N3O4S/c1-3-36-33(40)31(20-25-12-6-4-7-13-25)37(22-26-14-10-11-17-29(26)34)32(39)23-38(27-19-18-24(2)30(35)21-27)43(41,42)28-15-8-5-9-16-28/h4-19,21,31H,3,20,22-23H2,1-2H3,(H,36,40)/t31-/m1/s1. The number of anilines is 1. The molecule has 0 aliphatic carbocycles. The van der Waals surface area contributed by atoms with Gasteiger partial charge in [-0.3, -0.25) is 13.9 Å². The molecule has 0 bridgehead atoms. The molecule has 0 aromatic heterocycles. The number of carbonyl (C=O) groups is 2. The Morgan fingerprint density at radius 3 is 2.09 bits per heavy atom. The predicted molar refractivity (Wildman–Crippen MR) is 172 cm³/mol. The van der Waals surface area contributed by atoms with Crippen LogP contribution in [0.15, 0.2) is 108 Å². The number of carbonyl (C=O) groups excluding carboxylic acids is 2. The molecule has 2 amide bonds. The van der Waals surface area contributed by atoms with Gasteiger partial charge in [0, 0.05) is 29.6 Å². The smallest absolute Gasteiger partial charge is 0.264 e. The van der Waals surface area contributed by atoms with Gasteiger partial charge in [-0.05, 0) is 60.9 Å². The summed E-state index contributed by atoms with van der Waals surface area (Å²) in [5, 5.41) is 3.62. The van der Waals surface area contributed by atoms with Gasteiger partial charge >= 0.3 is 0 Å². The normalized spacial score (nSPS) is 11.9. The minimum Gasteiger partial charge on any atom is -0.355 e. The third kappa shape index (κ3) is 7.96. The van der Waals surface area contributed by atoms with E-state index in [-0.39, 0.29) is 29.5 Å². The van der Waals surface area contributed by atoms with Crippen molar-refractivity contribution in [2.45, 2.75) is 37.8 Å². The van der Waals surface area contributed by atoms with E-state index in [9.17, 15) is 18.0 Å². The largest absolute Gasteiger partial charge is 0.355 e. The third-order valence-electron chi connectivity index (χ3n) is 6.97. The average Bonchev–Trinajstić information content (AvgIpc) is 3.01. The zero-order valence-corrected chi connectivity index (χ0v) is 26.2. The Morgan fingerprint density at radius 1 is 0.837 bits per heavy atom. The number of sulfonamides is 1. The maximum absolute atomic E-state index is 14.4. The van der Waals surface area contributed by atoms with Crippen LogP contribution in [0.1, 0.15) is 23.6 Å². The fourth-order valence-corrected chi connectivity index (χ4v) is 6.44. The molecule has 4 aromatic rings. The SMILES string of the molecule is CCNC(=O)[C@@H](Cc1ccccc1)N(Cc1ccccc1Cl)C(=O)CN(c1ccc(C)c(Cl)c1)S(=O)(=O)c1ccccc1. The number of benzene rings is 4. The number of hydrogen-bond donors (Lipinski definition) is 1. The molecule has 4 rings (SSSR count). The van der Waals surface area contributed by atoms with E-state index < -0.39 is 28.5 Å². The van der Waals surface area contributed by atoms with Gasteiger partial charge < -0.3 is 10.2 Å². The maximum atomic E-state index is 14.4. The molecule has 1 atom stereocenters. The summed E-state index contributed by atoms with van der Waals surface area (Å²) in [6.45, 7) is 3.37. The first-order valence-corrected chi connectivity index (χ1v) is 16.0. The van der Waals surface area contributed by atoms with E-state index in [1.165, 1.54) is 23.1 Å². The van der Waals surface area contributed by atoms with Crippen molar-refractivity contribution in [3.05, 3.63) is 130 Å². The lowest BCUT2D eigenvalue weighted by Crippen LogP contribution is -2.53. The van der Waals surface area contributed by atoms with Crippen molar-refractivity contribution in [1.29, 1.82) is 0 Å². The molecule has 0 unspecified atom stereocenters. The van der Waals surface area contributed by atoms with Gasteiger partial charge in [-0.2, -0.15) is 0 Å². The zero-order chi connectivity index (χ0) is 31.0. The summed E-state index contributed by atoms with van der Waals surface area (Å²) in [6.07, 6.45) is 0.213. The number of nitrogens with one attached hydrogen (secondary N) is 1. The maximum Gasteiger partial charge on any atom is 0.264 e. The summed E-state index contributed by atoms with van der Waals surface area (Å²) in [5.41, 5.74) is 2.45. The number of hydrogen-bond acceptors (Lipinski definition) is 4. The highest BCUT2D eigenvalue weighted by Crippen LogP contribution is 2.29. The van der Waals surface area contributed by atoms with Crippen LogP contribution in [0, 0.1) is 6.92 Å². The molecule has 0 spiro atoms. The molecule has 0 aliphatic rings. The lowest BCUT2D eigenvalue weighted by molar-refractivity contribution is -0.140. The Balaban J connectivity index is 1.81. The van der Waals surface area contributed by atoms with Crippen molar-refractivity contribution < 1.29 is 18.0 Å². The van der Waals surface area contributed by atoms with Crippen LogP contribution in [0.3, 0.4) is 0 Å². The van der Waals surface area contributed by atoms with Gasteiger partial charge in [0.2, 0.25) is 11.8 Å². The highest BCUT2D eigenvalue weighted by Gasteiger charge is 2.34. The van der Waals surface area contributed by atoms with E-state index >= 15 is 0 Å². The summed E-state index contributed by atoms with van der Waals surface area (Å²) in [4.78, 5) is 29.3. The zero-order valence-electron chi connectivity index (χ0n) is 23.9. The molecule has 4 aromatic carbocycles. The Hall–Kier alpha value is -3.85. The number of likely N-dealkylation sites (N-methyl/N-ethyl adjacent to an activating group) is 1. The van der Waals surface area contributed by atoms with Crippen LogP contribution in [0.2, 0.25) is 10.0 Å². The van der Waals surface area contributed by atoms with E-state index in [0.29, 0.717) is 22.2 Å². The second kappa shape index (κ2) is 14.6. The van der Waals surface area contributed by atoms with Gasteiger partial charge in [0.15, 0.2) is 0 Å². The Labute approximate surface area is 263 Å². The fourth-order valence-electron chi connectivity index (χ4n) is 4.64. The topological polar surface area (TPSA) is 86.8 Å². The Bertz CT molecular complexity index is 1670. The Kier molecular flexibility index (Phi) is 10.9. The van der Waals surface area contributed by atoms with Gasteiger partial charge in [0.05, 0.1) is 10.6 Å². The van der Waals surface area contributed by atoms with Gasteiger partial charge in [-0.1, -0.05) is 96.0 Å². The highest BCUT2D eigenvalue weighted by molar-refractivity contribution is 7.92. The van der Waals surface area contributed by atoms with Crippen molar-refractivity contribution in [1.82, 2.24) is 10.2 Å². The molecule has 10 heteroatoms. The van der Waals surface area contributed by atoms with E-state index in [1.54, 1.807) is 68.4 Å². The minimum atomic E-state index is -4.21. The number of aryl methyl sites for hydroxylation is 1. The molecular weight excluding hydrogens is 605 g/mol. The number of amides is 2. The molecule has 0 fully saturated rings. The van der Waals surface area contributed by atoms with E-state index in [1.807, 2.05) is 30.3 Å². The van der Waals surface area contributed by atoms with Gasteiger partial charge in [-0.15, -0.1) is 0 Å². The van der Waals surface area contributed by atoms with Gasteiger partial charge in [-0.25, -0.2) is 8.42 Å². The van der Waals surface area contributed by atoms with Crippen molar-refractivity contribution in [2.24, 2.45) is 0 Å². The average molecular weight is 639 g/mol. The summed E-state index contributed by atoms with van der Waals surface area (Å²) in [5.74, 6) is -0.939. The molecule has 1 N–H and O–H groups in total. The van der Waals surface area contributed by atoms with E-state index in [2.05, 4.69) is 5.32 Å². The van der Waals surface area contributed by atoms with Crippen LogP contribution >= 0.6 is 23.2 Å². The van der Waals surface area contributed by atoms with Crippen molar-refractivity contribution in [3.8, 4) is 0 Å². The van der Waals surface area contributed by atoms with E-state index in [4.69, 9.17) is 23.2 Å². The first-order valence-electron chi connectivity index (χ1n) is 13.8. The number of rotatable bonds is 12. The molecule has 7 nitrogen and oxygen atoms in total. The second-order valence-electron chi connectivity index (χ2n) is 9.97. The molecule has 0 heterocycles. The van der Waals surface area contributed by atoms with Gasteiger partial charge in [0.1, 0.15) is 12.6 Å². The monoisotopic (exact) mass is 637 g/mol. The molecule has 43 heavy (non-hydrogen) atoms. The van der Waals surface area contributed by atoms with E-state index in [0.717, 1.165) is 15.4 Å². The van der Waals surface area contributed by atoms with Crippen molar-refractivity contribution in [2.75, 3.05) is 17.4 Å². The van der Waals surface area contributed by atoms with Crippen LogP contribution in [0.25, 0.3) is 0 Å². The summed E-state index contributed by atoms with van der Waals surface area (Å²) < 4.78 is 29.1. The number of nitrogens with zero attached hydrogens (tertiary/aromatic N) is 2. The summed E-state index contributed by atoms with van der Waals surface area (Å²) in [6, 6.07) is 28.2. The first-order chi connectivity index (χ1) is 20.6. The van der Waals surface area contributed by atoms with Crippen LogP contribution < -0.4 is 9.62 Å². The molecular formula is C33H33Cl2N3O4S. The highest BCUT2D eigenvalue weighted by atomic mass is 35.5. The third-order valence-corrected chi connectivity index (χ3v) is 9.54. The molecule has 0 radical (unpaired) electrons. The Morgan fingerprint density at radius 2 is 1.47 bits per heavy atom. The minimum absolute atomic E-state index is 0.0129. The second-order valence-corrected chi connectivity index (χ2v) is 12.6. The molecule has 0 saturated heterocycles.